The molecule has 2 heterocycles. The number of nitrogens with one attached hydrogen (secondary N) is 1. The van der Waals surface area contributed by atoms with Gasteiger partial charge in [0.05, 0.1) is 5.92 Å². The molecule has 0 radical (unpaired) electrons. The quantitative estimate of drug-likeness (QED) is 0.869. The molecule has 1 saturated heterocycles. The van der Waals surface area contributed by atoms with E-state index in [1.807, 2.05) is 30.3 Å². The zero-order chi connectivity index (χ0) is 18.5. The van der Waals surface area contributed by atoms with Gasteiger partial charge in [-0.3, -0.25) is 14.6 Å². The zero-order valence-electron chi connectivity index (χ0n) is 15.3. The highest BCUT2D eigenvalue weighted by atomic mass is 16.2. The maximum absolute atomic E-state index is 12.6. The maximum Gasteiger partial charge on any atom is 0.227 e. The molecule has 1 aromatic heterocycles. The molecule has 1 fully saturated rings. The molecule has 0 saturated carbocycles. The lowest BCUT2D eigenvalue weighted by molar-refractivity contribution is -0.126. The van der Waals surface area contributed by atoms with Crippen molar-refractivity contribution in [1.29, 1.82) is 0 Å². The Hall–Kier alpha value is -2.69. The molecule has 1 aliphatic rings. The second kappa shape index (κ2) is 8.13. The molecule has 0 spiro atoms. The molecule has 2 amide bonds. The summed E-state index contributed by atoms with van der Waals surface area (Å²) in [4.78, 5) is 30.8. The summed E-state index contributed by atoms with van der Waals surface area (Å²) >= 11 is 0. The number of carbonyl (C=O) groups excluding carboxylic acids is 2. The molecule has 1 N–H and O–H groups in total. The van der Waals surface area contributed by atoms with Crippen LogP contribution in [0.25, 0.3) is 0 Å². The van der Waals surface area contributed by atoms with E-state index in [2.05, 4.69) is 30.2 Å². The van der Waals surface area contributed by atoms with E-state index in [-0.39, 0.29) is 24.2 Å². The Morgan fingerprint density at radius 2 is 2.00 bits per heavy atom. The fraction of sp³-hybridized carbons (Fsp3) is 0.381. The first-order valence-electron chi connectivity index (χ1n) is 9.16. The Balaban J connectivity index is 1.68. The number of aromatic nitrogens is 1. The Kier molecular flexibility index (Phi) is 5.66. The predicted octanol–water partition coefficient (Wildman–Crippen LogP) is 3.26. The summed E-state index contributed by atoms with van der Waals surface area (Å²) in [5.74, 6) is 0.0105. The van der Waals surface area contributed by atoms with Gasteiger partial charge in [0.1, 0.15) is 0 Å². The SMILES string of the molecule is CC[C@H](C)c1ccccc1N1C[C@H](C(=O)NCc2ccncc2)CC1=O. The van der Waals surface area contributed by atoms with Crippen molar-refractivity contribution < 1.29 is 9.59 Å². The molecule has 0 bridgehead atoms. The number of carbonyl (C=O) groups is 2. The largest absolute Gasteiger partial charge is 0.352 e. The van der Waals surface area contributed by atoms with Crippen LogP contribution in [0, 0.1) is 5.92 Å². The van der Waals surface area contributed by atoms with Crippen LogP contribution in [0.1, 0.15) is 43.7 Å². The number of para-hydroxylation sites is 1. The van der Waals surface area contributed by atoms with Crippen LogP contribution in [0.2, 0.25) is 0 Å². The van der Waals surface area contributed by atoms with Gasteiger partial charge in [-0.2, -0.15) is 0 Å². The lowest BCUT2D eigenvalue weighted by Gasteiger charge is -2.23. The van der Waals surface area contributed by atoms with Gasteiger partial charge < -0.3 is 10.2 Å². The zero-order valence-corrected chi connectivity index (χ0v) is 15.3. The molecule has 0 unspecified atom stereocenters. The standard InChI is InChI=1S/C21H25N3O2/c1-3-15(2)18-6-4-5-7-19(18)24-14-17(12-20(24)25)21(26)23-13-16-8-10-22-11-9-16/h4-11,15,17H,3,12-14H2,1-2H3,(H,23,26)/t15-,17+/m0/s1. The second-order valence-electron chi connectivity index (χ2n) is 6.85. The molecule has 3 rings (SSSR count). The van der Waals surface area contributed by atoms with E-state index in [0.717, 1.165) is 17.7 Å². The molecule has 26 heavy (non-hydrogen) atoms. The summed E-state index contributed by atoms with van der Waals surface area (Å²) in [7, 11) is 0. The van der Waals surface area contributed by atoms with Crippen LogP contribution in [0.5, 0.6) is 0 Å². The number of anilines is 1. The summed E-state index contributed by atoms with van der Waals surface area (Å²) < 4.78 is 0. The highest BCUT2D eigenvalue weighted by Crippen LogP contribution is 2.33. The normalized spacial score (nSPS) is 18.0. The summed E-state index contributed by atoms with van der Waals surface area (Å²) in [5.41, 5.74) is 3.11. The average Bonchev–Trinajstić information content (AvgIpc) is 3.08. The van der Waals surface area contributed by atoms with Crippen molar-refractivity contribution in [2.24, 2.45) is 5.92 Å². The minimum absolute atomic E-state index is 0.0183. The molecule has 2 atom stereocenters. The summed E-state index contributed by atoms with van der Waals surface area (Å²) in [6.45, 7) is 5.20. The van der Waals surface area contributed by atoms with Crippen LogP contribution in [-0.2, 0) is 16.1 Å². The van der Waals surface area contributed by atoms with Gasteiger partial charge in [-0.05, 0) is 41.7 Å². The summed E-state index contributed by atoms with van der Waals surface area (Å²) in [6, 6.07) is 11.8. The predicted molar refractivity (Wildman–Crippen MR) is 102 cm³/mol. The fourth-order valence-electron chi connectivity index (χ4n) is 3.32. The first kappa shape index (κ1) is 18.1. The highest BCUT2D eigenvalue weighted by Gasteiger charge is 2.36. The number of hydrogen-bond acceptors (Lipinski definition) is 3. The molecular weight excluding hydrogens is 326 g/mol. The van der Waals surface area contributed by atoms with Crippen LogP contribution in [0.3, 0.4) is 0 Å². The molecule has 5 nitrogen and oxygen atoms in total. The van der Waals surface area contributed by atoms with Crippen molar-refractivity contribution in [3.8, 4) is 0 Å². The molecule has 136 valence electrons. The molecule has 5 heteroatoms. The average molecular weight is 351 g/mol. The third kappa shape index (κ3) is 3.93. The monoisotopic (exact) mass is 351 g/mol. The van der Waals surface area contributed by atoms with Gasteiger partial charge in [-0.1, -0.05) is 32.0 Å². The van der Waals surface area contributed by atoms with E-state index >= 15 is 0 Å². The topological polar surface area (TPSA) is 62.3 Å². The number of amides is 2. The smallest absolute Gasteiger partial charge is 0.227 e. The van der Waals surface area contributed by atoms with Gasteiger partial charge in [0.15, 0.2) is 0 Å². The van der Waals surface area contributed by atoms with Crippen molar-refractivity contribution in [2.45, 2.75) is 39.2 Å². The fourth-order valence-corrected chi connectivity index (χ4v) is 3.32. The van der Waals surface area contributed by atoms with Gasteiger partial charge in [0.2, 0.25) is 11.8 Å². The minimum Gasteiger partial charge on any atom is -0.352 e. The van der Waals surface area contributed by atoms with E-state index < -0.39 is 0 Å². The van der Waals surface area contributed by atoms with E-state index in [4.69, 9.17) is 0 Å². The number of benzene rings is 1. The third-order valence-corrected chi connectivity index (χ3v) is 5.08. The second-order valence-corrected chi connectivity index (χ2v) is 6.85. The van der Waals surface area contributed by atoms with Crippen molar-refractivity contribution >= 4 is 17.5 Å². The van der Waals surface area contributed by atoms with Gasteiger partial charge in [0.25, 0.3) is 0 Å². The summed E-state index contributed by atoms with van der Waals surface area (Å²) in [6.07, 6.45) is 4.67. The van der Waals surface area contributed by atoms with Crippen LogP contribution in [0.15, 0.2) is 48.8 Å². The van der Waals surface area contributed by atoms with Crippen LogP contribution >= 0.6 is 0 Å². The highest BCUT2D eigenvalue weighted by molar-refractivity contribution is 6.00. The molecule has 0 aliphatic carbocycles. The summed E-state index contributed by atoms with van der Waals surface area (Å²) in [5, 5.41) is 2.94. The van der Waals surface area contributed by atoms with Crippen LogP contribution in [-0.4, -0.2) is 23.3 Å². The molecule has 1 aromatic carbocycles. The lowest BCUT2D eigenvalue weighted by atomic mass is 9.96. The number of rotatable bonds is 6. The Bertz CT molecular complexity index is 776. The van der Waals surface area contributed by atoms with Gasteiger partial charge in [-0.25, -0.2) is 0 Å². The van der Waals surface area contributed by atoms with E-state index in [0.29, 0.717) is 19.0 Å². The van der Waals surface area contributed by atoms with E-state index in [1.54, 1.807) is 17.3 Å². The minimum atomic E-state index is -0.311. The van der Waals surface area contributed by atoms with Gasteiger partial charge >= 0.3 is 0 Å². The lowest BCUT2D eigenvalue weighted by Crippen LogP contribution is -2.32. The van der Waals surface area contributed by atoms with Gasteiger partial charge in [0, 0.05) is 37.6 Å². The molecule has 2 aromatic rings. The van der Waals surface area contributed by atoms with Crippen molar-refractivity contribution in [3.05, 3.63) is 59.9 Å². The third-order valence-electron chi connectivity index (χ3n) is 5.08. The number of hydrogen-bond donors (Lipinski definition) is 1. The molecule has 1 aliphatic heterocycles. The van der Waals surface area contributed by atoms with Crippen molar-refractivity contribution in [1.82, 2.24) is 10.3 Å². The van der Waals surface area contributed by atoms with E-state index in [9.17, 15) is 9.59 Å². The number of pyridine rings is 1. The maximum atomic E-state index is 12.6. The Labute approximate surface area is 154 Å². The van der Waals surface area contributed by atoms with Crippen molar-refractivity contribution in [2.75, 3.05) is 11.4 Å². The van der Waals surface area contributed by atoms with Crippen molar-refractivity contribution in [3.63, 3.8) is 0 Å². The van der Waals surface area contributed by atoms with Crippen LogP contribution < -0.4 is 10.2 Å². The van der Waals surface area contributed by atoms with Gasteiger partial charge in [-0.15, -0.1) is 0 Å². The first-order valence-corrected chi connectivity index (χ1v) is 9.16. The first-order chi connectivity index (χ1) is 12.6. The molecular formula is C21H25N3O2. The van der Waals surface area contributed by atoms with E-state index in [1.165, 1.54) is 5.56 Å². The Morgan fingerprint density at radius 1 is 1.27 bits per heavy atom. The Morgan fingerprint density at radius 3 is 2.73 bits per heavy atom. The van der Waals surface area contributed by atoms with Crippen LogP contribution in [0.4, 0.5) is 5.69 Å². The number of nitrogens with zero attached hydrogens (tertiary/aromatic N) is 2.